The van der Waals surface area contributed by atoms with Crippen LogP contribution in [0.4, 0.5) is 8.78 Å². The van der Waals surface area contributed by atoms with Crippen LogP contribution in [0.15, 0.2) is 18.5 Å². The lowest BCUT2D eigenvalue weighted by Gasteiger charge is -2.06. The molecule has 0 N–H and O–H groups in total. The molecular formula is C11H13F2N3. The van der Waals surface area contributed by atoms with E-state index in [-0.39, 0.29) is 12.5 Å². The molecular weight excluding hydrogens is 212 g/mol. The minimum atomic E-state index is -2.39. The largest absolute Gasteiger partial charge is 0.260 e. The second-order valence-electron chi connectivity index (χ2n) is 4.04. The molecule has 0 amide bonds. The molecule has 16 heavy (non-hydrogen) atoms. The summed E-state index contributed by atoms with van der Waals surface area (Å²) in [4.78, 5) is 4.26. The molecule has 0 unspecified atom stereocenters. The third-order valence-electron chi connectivity index (χ3n) is 2.45. The molecule has 0 aliphatic heterocycles. The molecule has 2 aromatic heterocycles. The summed E-state index contributed by atoms with van der Waals surface area (Å²) in [5.74, 6) is 0.277. The fraction of sp³-hybridized carbons (Fsp3) is 0.455. The van der Waals surface area contributed by atoms with Crippen molar-refractivity contribution in [3.63, 3.8) is 0 Å². The quantitative estimate of drug-likeness (QED) is 0.804. The average Bonchev–Trinajstić information content (AvgIpc) is 2.60. The van der Waals surface area contributed by atoms with E-state index in [1.54, 1.807) is 12.4 Å². The molecule has 2 heterocycles. The molecule has 2 rings (SSSR count). The van der Waals surface area contributed by atoms with Gasteiger partial charge in [-0.3, -0.25) is 9.67 Å². The van der Waals surface area contributed by atoms with Gasteiger partial charge < -0.3 is 0 Å². The molecule has 0 spiro atoms. The summed E-state index contributed by atoms with van der Waals surface area (Å²) < 4.78 is 25.9. The lowest BCUT2D eigenvalue weighted by atomic mass is 10.1. The van der Waals surface area contributed by atoms with Crippen molar-refractivity contribution in [3.8, 4) is 0 Å². The Bertz CT molecular complexity index is 491. The van der Waals surface area contributed by atoms with Gasteiger partial charge in [-0.2, -0.15) is 5.10 Å². The van der Waals surface area contributed by atoms with E-state index in [0.29, 0.717) is 0 Å². The van der Waals surface area contributed by atoms with Gasteiger partial charge in [0.05, 0.1) is 11.7 Å². The Morgan fingerprint density at radius 2 is 2.06 bits per heavy atom. The van der Waals surface area contributed by atoms with Gasteiger partial charge in [-0.25, -0.2) is 8.78 Å². The van der Waals surface area contributed by atoms with E-state index in [4.69, 9.17) is 0 Å². The summed E-state index contributed by atoms with van der Waals surface area (Å²) in [7, 11) is 0. The van der Waals surface area contributed by atoms with E-state index < -0.39 is 6.43 Å². The van der Waals surface area contributed by atoms with Crippen LogP contribution in [-0.2, 0) is 6.54 Å². The van der Waals surface area contributed by atoms with Crippen LogP contribution in [-0.4, -0.2) is 21.2 Å². The average molecular weight is 225 g/mol. The number of aromatic nitrogens is 3. The maximum absolute atomic E-state index is 12.3. The maximum atomic E-state index is 12.3. The standard InChI is InChI=1S/C11H13F2N3/c1-7(2)9-3-10-8(4-14-9)5-15-16(10)6-11(12)13/h3-5,7,11H,6H2,1-2H3. The third kappa shape index (κ3) is 2.03. The van der Waals surface area contributed by atoms with Gasteiger partial charge in [0.2, 0.25) is 0 Å². The molecule has 0 radical (unpaired) electrons. The molecule has 0 saturated carbocycles. The molecule has 0 fully saturated rings. The zero-order valence-corrected chi connectivity index (χ0v) is 9.19. The number of halogens is 2. The van der Waals surface area contributed by atoms with Crippen molar-refractivity contribution in [1.29, 1.82) is 0 Å². The Labute approximate surface area is 92.1 Å². The Balaban J connectivity index is 2.47. The number of pyridine rings is 1. The Kier molecular flexibility index (Phi) is 2.85. The summed E-state index contributed by atoms with van der Waals surface area (Å²) in [6, 6.07) is 1.83. The number of hydrogen-bond donors (Lipinski definition) is 0. The number of nitrogens with zero attached hydrogens (tertiary/aromatic N) is 3. The number of alkyl halides is 2. The van der Waals surface area contributed by atoms with Crippen LogP contribution in [0.5, 0.6) is 0 Å². The zero-order chi connectivity index (χ0) is 11.7. The van der Waals surface area contributed by atoms with E-state index in [0.717, 1.165) is 16.6 Å². The second-order valence-corrected chi connectivity index (χ2v) is 4.04. The zero-order valence-electron chi connectivity index (χ0n) is 9.19. The minimum Gasteiger partial charge on any atom is -0.260 e. The van der Waals surface area contributed by atoms with E-state index in [1.807, 2.05) is 19.9 Å². The van der Waals surface area contributed by atoms with Crippen LogP contribution >= 0.6 is 0 Å². The molecule has 0 aliphatic rings. The van der Waals surface area contributed by atoms with Crippen LogP contribution < -0.4 is 0 Å². The fourth-order valence-electron chi connectivity index (χ4n) is 1.58. The van der Waals surface area contributed by atoms with Crippen LogP contribution in [0, 0.1) is 0 Å². The first-order chi connectivity index (χ1) is 7.58. The van der Waals surface area contributed by atoms with Gasteiger partial charge in [-0.15, -0.1) is 0 Å². The molecule has 2 aromatic rings. The monoisotopic (exact) mass is 225 g/mol. The lowest BCUT2D eigenvalue weighted by molar-refractivity contribution is 0.123. The van der Waals surface area contributed by atoms with E-state index in [9.17, 15) is 8.78 Å². The van der Waals surface area contributed by atoms with Crippen LogP contribution in [0.1, 0.15) is 25.5 Å². The molecule has 5 heteroatoms. The Morgan fingerprint density at radius 3 is 2.69 bits per heavy atom. The van der Waals surface area contributed by atoms with Crippen LogP contribution in [0.25, 0.3) is 10.9 Å². The van der Waals surface area contributed by atoms with E-state index in [1.165, 1.54) is 4.68 Å². The second kappa shape index (κ2) is 4.15. The SMILES string of the molecule is CC(C)c1cc2c(cn1)cnn2CC(F)F. The summed E-state index contributed by atoms with van der Waals surface area (Å²) in [6.07, 6.45) is 0.854. The van der Waals surface area contributed by atoms with Crippen molar-refractivity contribution >= 4 is 10.9 Å². The van der Waals surface area contributed by atoms with E-state index >= 15 is 0 Å². The molecule has 0 aliphatic carbocycles. The van der Waals surface area contributed by atoms with Crippen molar-refractivity contribution < 1.29 is 8.78 Å². The lowest BCUT2D eigenvalue weighted by Crippen LogP contribution is -2.08. The van der Waals surface area contributed by atoms with Gasteiger partial charge >= 0.3 is 0 Å². The van der Waals surface area contributed by atoms with Crippen molar-refractivity contribution in [2.24, 2.45) is 0 Å². The summed E-state index contributed by atoms with van der Waals surface area (Å²) >= 11 is 0. The number of fused-ring (bicyclic) bond motifs is 1. The van der Waals surface area contributed by atoms with Crippen molar-refractivity contribution in [2.75, 3.05) is 0 Å². The van der Waals surface area contributed by atoms with E-state index in [2.05, 4.69) is 10.1 Å². The first-order valence-corrected chi connectivity index (χ1v) is 5.17. The Hall–Kier alpha value is -1.52. The highest BCUT2D eigenvalue weighted by Gasteiger charge is 2.10. The van der Waals surface area contributed by atoms with Gasteiger partial charge in [-0.1, -0.05) is 13.8 Å². The fourth-order valence-corrected chi connectivity index (χ4v) is 1.58. The smallest absolute Gasteiger partial charge is 0.257 e. The topological polar surface area (TPSA) is 30.7 Å². The highest BCUT2D eigenvalue weighted by Crippen LogP contribution is 2.19. The Morgan fingerprint density at radius 1 is 1.31 bits per heavy atom. The maximum Gasteiger partial charge on any atom is 0.257 e. The summed E-state index contributed by atoms with van der Waals surface area (Å²) in [5.41, 5.74) is 1.61. The van der Waals surface area contributed by atoms with Crippen LogP contribution in [0.2, 0.25) is 0 Å². The summed E-state index contributed by atoms with van der Waals surface area (Å²) in [6.45, 7) is 3.66. The minimum absolute atomic E-state index is 0.277. The van der Waals surface area contributed by atoms with Gasteiger partial charge in [0.25, 0.3) is 6.43 Å². The highest BCUT2D eigenvalue weighted by molar-refractivity contribution is 5.77. The first-order valence-electron chi connectivity index (χ1n) is 5.17. The van der Waals surface area contributed by atoms with Gasteiger partial charge in [0.15, 0.2) is 0 Å². The summed E-state index contributed by atoms with van der Waals surface area (Å²) in [5, 5.41) is 4.73. The number of hydrogen-bond acceptors (Lipinski definition) is 2. The van der Waals surface area contributed by atoms with Crippen molar-refractivity contribution in [1.82, 2.24) is 14.8 Å². The first kappa shape index (κ1) is 11.0. The molecule has 86 valence electrons. The number of rotatable bonds is 3. The molecule has 0 saturated heterocycles. The third-order valence-corrected chi connectivity index (χ3v) is 2.45. The molecule has 0 atom stereocenters. The van der Waals surface area contributed by atoms with Crippen LogP contribution in [0.3, 0.4) is 0 Å². The van der Waals surface area contributed by atoms with Gasteiger partial charge in [-0.05, 0) is 12.0 Å². The predicted molar refractivity (Wildman–Crippen MR) is 57.6 cm³/mol. The normalized spacial score (nSPS) is 11.9. The molecule has 0 aromatic carbocycles. The highest BCUT2D eigenvalue weighted by atomic mass is 19.3. The van der Waals surface area contributed by atoms with Crippen molar-refractivity contribution in [2.45, 2.75) is 32.7 Å². The predicted octanol–water partition coefficient (Wildman–Crippen LogP) is 2.82. The van der Waals surface area contributed by atoms with Gasteiger partial charge in [0, 0.05) is 17.3 Å². The van der Waals surface area contributed by atoms with Crippen molar-refractivity contribution in [3.05, 3.63) is 24.2 Å². The molecule has 0 bridgehead atoms. The molecule has 3 nitrogen and oxygen atoms in total. The van der Waals surface area contributed by atoms with Gasteiger partial charge in [0.1, 0.15) is 6.54 Å².